The maximum Gasteiger partial charge on any atom is 0.148 e. The molecule has 1 N–H and O–H groups in total. The van der Waals surface area contributed by atoms with Gasteiger partial charge in [0.05, 0.1) is 31.9 Å². The molecule has 57 heavy (non-hydrogen) atoms. The summed E-state index contributed by atoms with van der Waals surface area (Å²) in [5.74, 6) is 0.610. The summed E-state index contributed by atoms with van der Waals surface area (Å²) in [6.07, 6.45) is 0.475. The van der Waals surface area contributed by atoms with E-state index in [-0.39, 0.29) is 84.8 Å². The Bertz CT molecular complexity index is 3090. The molecule has 6 aromatic carbocycles. The minimum Gasteiger partial charge on any atom is -0.507 e. The first kappa shape index (κ1) is 31.5. The molecule has 5 heteroatoms. The zero-order valence-corrected chi connectivity index (χ0v) is 35.4. The van der Waals surface area contributed by atoms with Crippen molar-refractivity contribution in [3.05, 3.63) is 168 Å². The molecule has 0 aliphatic rings. The monoisotopic (exact) mass is 932 g/mol. The molecule has 288 valence electrons. The fourth-order valence-electron chi connectivity index (χ4n) is 6.95. The van der Waals surface area contributed by atoms with Crippen molar-refractivity contribution in [2.24, 2.45) is 0 Å². The molecule has 2 heterocycles. The molecule has 0 radical (unpaired) electrons. The second-order valence-corrected chi connectivity index (χ2v) is 15.9. The first-order valence-electron chi connectivity index (χ1n) is 22.5. The minimum absolute atomic E-state index is 0. The standard InChI is InChI=1S/C52H48N3O.Pt/c1-8-52(6,7)40-25-26-46(44(33-40)36-15-10-9-11-16-36)55-47-19-14-18-42(49(47)54-50(55)43-17-12-13-20-48(43)56)38-29-39(31-41(30-38)51(3,4)5)45-32-37(27-28-53-45)35-23-21-34(2)22-24-35;/h9-28,30-33,56H,8H2,1-7H3;/q-1;/i21D,22D,23D,24D,27D,28D,32D;. The number of aromatic nitrogens is 3. The van der Waals surface area contributed by atoms with Crippen LogP contribution in [0.4, 0.5) is 0 Å². The molecule has 0 bridgehead atoms. The van der Waals surface area contributed by atoms with E-state index < -0.39 is 17.6 Å². The van der Waals surface area contributed by atoms with Crippen LogP contribution in [0.1, 0.15) is 74.2 Å². The van der Waals surface area contributed by atoms with Crippen molar-refractivity contribution in [2.75, 3.05) is 0 Å². The number of phenols is 1. The van der Waals surface area contributed by atoms with E-state index in [1.54, 1.807) is 12.1 Å². The molecule has 0 amide bonds. The molecule has 8 aromatic rings. The molecule has 0 saturated heterocycles. The van der Waals surface area contributed by atoms with Crippen LogP contribution >= 0.6 is 0 Å². The second-order valence-electron chi connectivity index (χ2n) is 15.9. The predicted octanol–water partition coefficient (Wildman–Crippen LogP) is 13.6. The molecule has 8 rings (SSSR count). The van der Waals surface area contributed by atoms with E-state index in [0.29, 0.717) is 33.6 Å². The number of fused-ring (bicyclic) bond motifs is 1. The number of phenolic OH excluding ortho intramolecular Hbond substituents is 1. The number of imidazole rings is 1. The Hall–Kier alpha value is -5.57. The van der Waals surface area contributed by atoms with Crippen molar-refractivity contribution in [2.45, 2.75) is 65.7 Å². The van der Waals surface area contributed by atoms with Gasteiger partial charge in [-0.25, -0.2) is 4.98 Å². The number of rotatable bonds is 8. The summed E-state index contributed by atoms with van der Waals surface area (Å²) in [7, 11) is 0. The number of nitrogens with zero attached hydrogens (tertiary/aromatic N) is 3. The predicted molar refractivity (Wildman–Crippen MR) is 233 cm³/mol. The van der Waals surface area contributed by atoms with Crippen molar-refractivity contribution in [1.82, 2.24) is 14.5 Å². The third kappa shape index (κ3) is 7.76. The average Bonchev–Trinajstić information content (AvgIpc) is 3.66. The van der Waals surface area contributed by atoms with Gasteiger partial charge in [-0.3, -0.25) is 9.55 Å². The summed E-state index contributed by atoms with van der Waals surface area (Å²) < 4.78 is 63.8. The SMILES string of the molecule is [2H]c1nc(-c2[c-]c(-c3cccc4c3nc(-c3ccccc3O)n4-c3ccc(C(C)(C)CC)cc3-c3ccccc3)cc(C(C)(C)C)c2)c([2H])c(-c2c([2H])c([2H])c(C)c([2H])c2[2H])c1[2H].[Pt]. The zero-order chi connectivity index (χ0) is 45.3. The smallest absolute Gasteiger partial charge is 0.148 e. The van der Waals surface area contributed by atoms with E-state index in [4.69, 9.17) is 13.2 Å². The van der Waals surface area contributed by atoms with E-state index >= 15 is 0 Å². The molecule has 4 nitrogen and oxygen atoms in total. The van der Waals surface area contributed by atoms with Gasteiger partial charge in [-0.1, -0.05) is 149 Å². The maximum absolute atomic E-state index is 11.4. The molecular weight excluding hydrogens is 878 g/mol. The van der Waals surface area contributed by atoms with Gasteiger partial charge in [0.15, 0.2) is 0 Å². The number of hydrogen-bond donors (Lipinski definition) is 1. The quantitative estimate of drug-likeness (QED) is 0.154. The molecule has 2 aromatic heterocycles. The van der Waals surface area contributed by atoms with E-state index in [2.05, 4.69) is 87.5 Å². The molecule has 0 saturated carbocycles. The maximum atomic E-state index is 11.4. The fourth-order valence-corrected chi connectivity index (χ4v) is 6.95. The van der Waals surface area contributed by atoms with Gasteiger partial charge < -0.3 is 5.11 Å². The third-order valence-electron chi connectivity index (χ3n) is 10.7. The average molecular weight is 933 g/mol. The Balaban J connectivity index is 0.00000612. The Kier molecular flexibility index (Phi) is 8.71. The van der Waals surface area contributed by atoms with Gasteiger partial charge in [-0.15, -0.1) is 29.3 Å². The second kappa shape index (κ2) is 15.8. The summed E-state index contributed by atoms with van der Waals surface area (Å²) in [4.78, 5) is 9.79. The summed E-state index contributed by atoms with van der Waals surface area (Å²) >= 11 is 0. The topological polar surface area (TPSA) is 50.9 Å². The van der Waals surface area contributed by atoms with E-state index in [9.17, 15) is 6.48 Å². The first-order chi connectivity index (χ1) is 29.8. The molecule has 0 atom stereocenters. The van der Waals surface area contributed by atoms with Crippen LogP contribution < -0.4 is 0 Å². The number of hydrogen-bond acceptors (Lipinski definition) is 3. The largest absolute Gasteiger partial charge is 0.507 e. The van der Waals surface area contributed by atoms with E-state index in [1.807, 2.05) is 60.7 Å². The Morgan fingerprint density at radius 2 is 1.40 bits per heavy atom. The van der Waals surface area contributed by atoms with Gasteiger partial charge in [0.1, 0.15) is 11.6 Å². The summed E-state index contributed by atoms with van der Waals surface area (Å²) in [5, 5.41) is 11.4. The van der Waals surface area contributed by atoms with Gasteiger partial charge in [0.25, 0.3) is 0 Å². The minimum atomic E-state index is -0.472. The van der Waals surface area contributed by atoms with Crippen molar-refractivity contribution in [1.29, 1.82) is 0 Å². The Morgan fingerprint density at radius 1 is 0.702 bits per heavy atom. The molecule has 0 fully saturated rings. The Morgan fingerprint density at radius 3 is 2.12 bits per heavy atom. The van der Waals surface area contributed by atoms with Crippen LogP contribution in [-0.2, 0) is 31.9 Å². The molecular formula is C52H48N3OPt-. The number of benzene rings is 6. The number of pyridine rings is 1. The van der Waals surface area contributed by atoms with Gasteiger partial charge in [0, 0.05) is 38.5 Å². The van der Waals surface area contributed by atoms with Crippen molar-refractivity contribution in [3.63, 3.8) is 0 Å². The van der Waals surface area contributed by atoms with Crippen molar-refractivity contribution in [3.8, 4) is 67.5 Å². The van der Waals surface area contributed by atoms with Crippen LogP contribution in [0.5, 0.6) is 5.75 Å². The van der Waals surface area contributed by atoms with Gasteiger partial charge in [-0.2, -0.15) is 0 Å². The summed E-state index contributed by atoms with van der Waals surface area (Å²) in [6, 6.07) is 35.2. The third-order valence-corrected chi connectivity index (χ3v) is 10.7. The van der Waals surface area contributed by atoms with Crippen LogP contribution in [0.3, 0.4) is 0 Å². The van der Waals surface area contributed by atoms with Gasteiger partial charge in [0.2, 0.25) is 0 Å². The van der Waals surface area contributed by atoms with Crippen molar-refractivity contribution >= 4 is 11.0 Å². The fraction of sp³-hybridized carbons (Fsp3) is 0.192. The van der Waals surface area contributed by atoms with Gasteiger partial charge >= 0.3 is 0 Å². The van der Waals surface area contributed by atoms with Crippen molar-refractivity contribution < 1.29 is 35.8 Å². The Labute approximate surface area is 361 Å². The van der Waals surface area contributed by atoms with Crippen LogP contribution in [0.25, 0.3) is 72.7 Å². The van der Waals surface area contributed by atoms with E-state index in [0.717, 1.165) is 34.3 Å². The van der Waals surface area contributed by atoms with Crippen LogP contribution in [0, 0.1) is 13.0 Å². The van der Waals surface area contributed by atoms with Crippen LogP contribution in [0.2, 0.25) is 0 Å². The van der Waals surface area contributed by atoms with Crippen LogP contribution in [-0.4, -0.2) is 19.6 Å². The molecule has 0 aliphatic heterocycles. The first-order valence-corrected chi connectivity index (χ1v) is 19.0. The number of para-hydroxylation sites is 2. The number of aromatic hydroxyl groups is 1. The molecule has 0 aliphatic carbocycles. The molecule has 0 unspecified atom stereocenters. The summed E-state index contributed by atoms with van der Waals surface area (Å²) in [5.41, 5.74) is 7.88. The normalized spacial score (nSPS) is 13.5. The molecule has 0 spiro atoms. The summed E-state index contributed by atoms with van der Waals surface area (Å²) in [6.45, 7) is 14.4. The van der Waals surface area contributed by atoms with Crippen LogP contribution in [0.15, 0.2) is 146 Å². The van der Waals surface area contributed by atoms with E-state index in [1.165, 1.54) is 12.5 Å². The van der Waals surface area contributed by atoms with Gasteiger partial charge in [-0.05, 0) is 82.8 Å². The zero-order valence-electron chi connectivity index (χ0n) is 40.1.